The molecule has 0 unspecified atom stereocenters. The average Bonchev–Trinajstić information content (AvgIpc) is 3.01. The minimum absolute atomic E-state index is 0.00469. The van der Waals surface area contributed by atoms with Crippen LogP contribution in [-0.4, -0.2) is 50.1 Å². The van der Waals surface area contributed by atoms with E-state index in [1.165, 1.54) is 7.11 Å². The van der Waals surface area contributed by atoms with E-state index in [1.54, 1.807) is 10.9 Å². The Morgan fingerprint density at radius 1 is 1.46 bits per heavy atom. The lowest BCUT2D eigenvalue weighted by molar-refractivity contribution is -0.139. The van der Waals surface area contributed by atoms with Gasteiger partial charge < -0.3 is 15.6 Å². The van der Waals surface area contributed by atoms with Crippen LogP contribution in [0.5, 0.6) is 0 Å². The lowest BCUT2D eigenvalue weighted by atomic mass is 9.83. The number of aliphatic hydroxyl groups excluding tert-OH is 1. The number of esters is 1. The maximum Gasteiger partial charge on any atom is 0.313 e. The van der Waals surface area contributed by atoms with Gasteiger partial charge in [-0.15, -0.1) is 5.10 Å². The minimum Gasteiger partial charge on any atom is -0.469 e. The highest BCUT2D eigenvalue weighted by Gasteiger charge is 2.31. The molecule has 1 saturated carbocycles. The number of hydrogen-bond donors (Lipinski definition) is 2. The number of aromatic nitrogens is 4. The zero-order chi connectivity index (χ0) is 17.1. The van der Waals surface area contributed by atoms with Crippen molar-refractivity contribution in [3.8, 4) is 5.82 Å². The molecule has 1 aliphatic rings. The second-order valence-electron chi connectivity index (χ2n) is 5.98. The van der Waals surface area contributed by atoms with Gasteiger partial charge in [-0.1, -0.05) is 6.07 Å². The second-order valence-corrected chi connectivity index (χ2v) is 5.98. The van der Waals surface area contributed by atoms with Gasteiger partial charge in [0.05, 0.1) is 13.2 Å². The predicted molar refractivity (Wildman–Crippen MR) is 85.4 cm³/mol. The molecule has 2 aromatic rings. The highest BCUT2D eigenvalue weighted by molar-refractivity contribution is 5.71. The topological polar surface area (TPSA) is 116 Å². The van der Waals surface area contributed by atoms with E-state index < -0.39 is 12.1 Å². The van der Waals surface area contributed by atoms with Gasteiger partial charge >= 0.3 is 5.97 Å². The summed E-state index contributed by atoms with van der Waals surface area (Å²) >= 11 is 0. The zero-order valence-electron chi connectivity index (χ0n) is 13.5. The first-order valence-electron chi connectivity index (χ1n) is 7.96. The average molecular weight is 331 g/mol. The summed E-state index contributed by atoms with van der Waals surface area (Å²) in [7, 11) is 1.33. The lowest BCUT2D eigenvalue weighted by Crippen LogP contribution is -2.40. The van der Waals surface area contributed by atoms with Crippen LogP contribution < -0.4 is 5.73 Å². The molecular formula is C16H21N5O3. The number of methoxy groups -OCH3 is 1. The number of ether oxygens (including phenoxy) is 1. The first-order chi connectivity index (χ1) is 11.6. The monoisotopic (exact) mass is 331 g/mol. The smallest absolute Gasteiger partial charge is 0.313 e. The number of nitrogens with two attached hydrogens (primary N) is 1. The molecule has 3 atom stereocenters. The lowest BCUT2D eigenvalue weighted by Gasteiger charge is -2.30. The minimum atomic E-state index is -0.484. The Morgan fingerprint density at radius 2 is 2.29 bits per heavy atom. The van der Waals surface area contributed by atoms with E-state index in [4.69, 9.17) is 5.73 Å². The van der Waals surface area contributed by atoms with Crippen LogP contribution in [0.25, 0.3) is 5.82 Å². The molecular weight excluding hydrogens is 310 g/mol. The van der Waals surface area contributed by atoms with Crippen LogP contribution in [0.1, 0.15) is 36.8 Å². The Kier molecular flexibility index (Phi) is 4.86. The van der Waals surface area contributed by atoms with Gasteiger partial charge in [0.1, 0.15) is 12.2 Å². The van der Waals surface area contributed by atoms with Gasteiger partial charge in [-0.05, 0) is 31.4 Å². The van der Waals surface area contributed by atoms with Crippen LogP contribution in [0, 0.1) is 0 Å². The molecule has 0 saturated heterocycles. The first-order valence-corrected chi connectivity index (χ1v) is 7.96. The molecule has 8 nitrogen and oxygen atoms in total. The van der Waals surface area contributed by atoms with Crippen LogP contribution in [-0.2, 0) is 16.0 Å². The van der Waals surface area contributed by atoms with Crippen molar-refractivity contribution in [2.24, 2.45) is 5.73 Å². The third-order valence-corrected chi connectivity index (χ3v) is 4.30. The van der Waals surface area contributed by atoms with Gasteiger partial charge in [-0.3, -0.25) is 4.79 Å². The third kappa shape index (κ3) is 3.44. The van der Waals surface area contributed by atoms with Crippen molar-refractivity contribution in [1.82, 2.24) is 19.7 Å². The Bertz CT molecular complexity index is 703. The van der Waals surface area contributed by atoms with Crippen LogP contribution in [0.15, 0.2) is 24.4 Å². The summed E-state index contributed by atoms with van der Waals surface area (Å²) in [6.07, 6.45) is 3.19. The maximum atomic E-state index is 11.5. The van der Waals surface area contributed by atoms with Crippen LogP contribution in [0.4, 0.5) is 0 Å². The number of rotatable bonds is 4. The molecule has 24 heavy (non-hydrogen) atoms. The molecule has 2 aromatic heterocycles. The first kappa shape index (κ1) is 16.5. The summed E-state index contributed by atoms with van der Waals surface area (Å²) in [5.74, 6) is 1.41. The molecule has 0 amide bonds. The van der Waals surface area contributed by atoms with E-state index >= 15 is 0 Å². The van der Waals surface area contributed by atoms with E-state index in [2.05, 4.69) is 19.8 Å². The number of carbonyl (C=O) groups excluding carboxylic acids is 1. The maximum absolute atomic E-state index is 11.5. The molecule has 3 rings (SSSR count). The van der Waals surface area contributed by atoms with Crippen molar-refractivity contribution >= 4 is 5.97 Å². The third-order valence-electron chi connectivity index (χ3n) is 4.30. The quantitative estimate of drug-likeness (QED) is 0.776. The van der Waals surface area contributed by atoms with Crippen LogP contribution in [0.2, 0.25) is 0 Å². The van der Waals surface area contributed by atoms with Crippen molar-refractivity contribution in [2.75, 3.05) is 7.11 Å². The van der Waals surface area contributed by atoms with Crippen molar-refractivity contribution in [3.05, 3.63) is 36.0 Å². The van der Waals surface area contributed by atoms with Crippen molar-refractivity contribution in [2.45, 2.75) is 43.7 Å². The summed E-state index contributed by atoms with van der Waals surface area (Å²) in [5, 5.41) is 14.3. The number of hydrogen-bond acceptors (Lipinski definition) is 7. The Labute approximate surface area is 139 Å². The molecule has 0 aromatic carbocycles. The van der Waals surface area contributed by atoms with Gasteiger partial charge in [-0.2, -0.15) is 4.68 Å². The van der Waals surface area contributed by atoms with Gasteiger partial charge in [0, 0.05) is 18.2 Å². The summed E-state index contributed by atoms with van der Waals surface area (Å²) in [6.45, 7) is 0. The van der Waals surface area contributed by atoms with Crippen molar-refractivity contribution in [1.29, 1.82) is 0 Å². The number of pyridine rings is 1. The number of nitrogens with zero attached hydrogens (tertiary/aromatic N) is 4. The molecule has 8 heteroatoms. The number of carbonyl (C=O) groups is 1. The van der Waals surface area contributed by atoms with E-state index in [0.717, 1.165) is 12.2 Å². The predicted octanol–water partition coefficient (Wildman–Crippen LogP) is 0.333. The largest absolute Gasteiger partial charge is 0.469 e. The van der Waals surface area contributed by atoms with E-state index in [0.29, 0.717) is 24.5 Å². The van der Waals surface area contributed by atoms with Gasteiger partial charge in [0.25, 0.3) is 0 Å². The fraction of sp³-hybridized carbons (Fsp3) is 0.500. The highest BCUT2D eigenvalue weighted by atomic mass is 16.5. The fourth-order valence-electron chi connectivity index (χ4n) is 2.98. The summed E-state index contributed by atoms with van der Waals surface area (Å²) < 4.78 is 6.35. The van der Waals surface area contributed by atoms with Gasteiger partial charge in [0.2, 0.25) is 0 Å². The SMILES string of the molecule is COC(=O)Cc1nc([C@H]2CC[C@@H](O)[C@H](N)C2)n(-c2ccccn2)n1. The number of aliphatic hydroxyl groups is 1. The molecule has 3 N–H and O–H groups in total. The highest BCUT2D eigenvalue weighted by Crippen LogP contribution is 2.32. The zero-order valence-corrected chi connectivity index (χ0v) is 13.5. The summed E-state index contributed by atoms with van der Waals surface area (Å²) in [4.78, 5) is 20.4. The molecule has 0 radical (unpaired) electrons. The molecule has 0 spiro atoms. The Hall–Kier alpha value is -2.32. The molecule has 0 bridgehead atoms. The van der Waals surface area contributed by atoms with E-state index in [9.17, 15) is 9.90 Å². The van der Waals surface area contributed by atoms with Crippen LogP contribution in [0.3, 0.4) is 0 Å². The van der Waals surface area contributed by atoms with Crippen molar-refractivity contribution in [3.63, 3.8) is 0 Å². The van der Waals surface area contributed by atoms with Crippen LogP contribution >= 0.6 is 0 Å². The molecule has 1 fully saturated rings. The van der Waals surface area contributed by atoms with Gasteiger partial charge in [-0.25, -0.2) is 9.97 Å². The Morgan fingerprint density at radius 3 is 2.96 bits per heavy atom. The Balaban J connectivity index is 1.95. The van der Waals surface area contributed by atoms with Crippen molar-refractivity contribution < 1.29 is 14.6 Å². The summed E-state index contributed by atoms with van der Waals surface area (Å²) in [6, 6.07) is 5.23. The molecule has 128 valence electrons. The fourth-order valence-corrected chi connectivity index (χ4v) is 2.98. The molecule has 0 aliphatic heterocycles. The van der Waals surface area contributed by atoms with E-state index in [1.807, 2.05) is 18.2 Å². The molecule has 2 heterocycles. The normalized spacial score (nSPS) is 23.9. The second kappa shape index (κ2) is 7.06. The molecule has 1 aliphatic carbocycles. The summed E-state index contributed by atoms with van der Waals surface area (Å²) in [5.41, 5.74) is 6.01. The van der Waals surface area contributed by atoms with Gasteiger partial charge in [0.15, 0.2) is 11.6 Å². The standard InChI is InChI=1S/C16H21N5O3/c1-24-15(23)9-13-19-16(10-5-6-12(22)11(17)8-10)21(20-13)14-4-2-3-7-18-14/h2-4,7,10-12,22H,5-6,8-9,17H2,1H3/t10-,11+,12+/m0/s1. The van der Waals surface area contributed by atoms with E-state index in [-0.39, 0.29) is 18.4 Å².